The molecule has 1 fully saturated rings. The number of carbonyl (C=O) groups excluding carboxylic acids is 2. The van der Waals surface area contributed by atoms with Crippen molar-refractivity contribution in [2.24, 2.45) is 0 Å². The van der Waals surface area contributed by atoms with E-state index in [4.69, 9.17) is 11.6 Å². The van der Waals surface area contributed by atoms with E-state index in [1.807, 2.05) is 0 Å². The molecule has 2 atom stereocenters. The molecule has 2 unspecified atom stereocenters. The van der Waals surface area contributed by atoms with Crippen LogP contribution in [-0.2, 0) is 9.84 Å². The number of aromatic nitrogens is 2. The normalized spacial score (nSPS) is 18.8. The lowest BCUT2D eigenvalue weighted by Crippen LogP contribution is -2.58. The van der Waals surface area contributed by atoms with Gasteiger partial charge in [0.15, 0.2) is 9.84 Å². The molecule has 37 heavy (non-hydrogen) atoms. The van der Waals surface area contributed by atoms with Gasteiger partial charge in [-0.05, 0) is 48.9 Å². The molecule has 5 rings (SSSR count). The number of benzene rings is 2. The summed E-state index contributed by atoms with van der Waals surface area (Å²) in [6.45, 7) is 0. The zero-order valence-electron chi connectivity index (χ0n) is 19.5. The fraction of sp³-hybridized carbons (Fsp3) is 0.192. The standard InChI is InChI=1S/C26H23ClN4O5S/c27-20-14-28-22-13-17(6-9-19(20)22)26(34)29-21-10-12-37(35,36)15-23(21)30-25(33)16-4-7-18(8-5-16)31-11-2-1-3-24(31)32/h1-9,11,13-14,21,23,28H,10,12,15H2,(H,29,34)(H,30,33). The second kappa shape index (κ2) is 9.87. The van der Waals surface area contributed by atoms with E-state index in [9.17, 15) is 22.8 Å². The number of halogens is 1. The van der Waals surface area contributed by atoms with E-state index in [1.165, 1.54) is 10.6 Å². The van der Waals surface area contributed by atoms with Crippen molar-refractivity contribution in [3.05, 3.63) is 99.6 Å². The molecule has 0 bridgehead atoms. The van der Waals surface area contributed by atoms with Crippen LogP contribution in [0.5, 0.6) is 0 Å². The van der Waals surface area contributed by atoms with Gasteiger partial charge in [-0.25, -0.2) is 8.42 Å². The summed E-state index contributed by atoms with van der Waals surface area (Å²) in [5.74, 6) is -1.23. The Kier molecular flexibility index (Phi) is 6.61. The summed E-state index contributed by atoms with van der Waals surface area (Å²) in [4.78, 5) is 41.0. The van der Waals surface area contributed by atoms with E-state index in [0.717, 1.165) is 5.39 Å². The summed E-state index contributed by atoms with van der Waals surface area (Å²) in [7, 11) is -3.39. The van der Waals surface area contributed by atoms with Crippen LogP contribution in [0.25, 0.3) is 16.6 Å². The molecule has 4 aromatic rings. The Morgan fingerprint density at radius 3 is 2.41 bits per heavy atom. The van der Waals surface area contributed by atoms with Gasteiger partial charge in [-0.15, -0.1) is 0 Å². The molecule has 3 heterocycles. The van der Waals surface area contributed by atoms with Crippen molar-refractivity contribution in [3.8, 4) is 5.69 Å². The largest absolute Gasteiger partial charge is 0.360 e. The maximum atomic E-state index is 13.0. The molecule has 3 N–H and O–H groups in total. The number of sulfone groups is 1. The van der Waals surface area contributed by atoms with Crippen molar-refractivity contribution in [1.82, 2.24) is 20.2 Å². The van der Waals surface area contributed by atoms with Crippen LogP contribution in [0, 0.1) is 0 Å². The quantitative estimate of drug-likeness (QED) is 0.360. The van der Waals surface area contributed by atoms with Crippen LogP contribution in [0.2, 0.25) is 5.02 Å². The molecule has 0 saturated carbocycles. The zero-order valence-corrected chi connectivity index (χ0v) is 21.1. The van der Waals surface area contributed by atoms with Crippen molar-refractivity contribution >= 4 is 44.2 Å². The van der Waals surface area contributed by atoms with Crippen molar-refractivity contribution < 1.29 is 18.0 Å². The smallest absolute Gasteiger partial charge is 0.255 e. The van der Waals surface area contributed by atoms with Gasteiger partial charge in [-0.1, -0.05) is 23.7 Å². The third-order valence-electron chi connectivity index (χ3n) is 6.42. The predicted octanol–water partition coefficient (Wildman–Crippen LogP) is 2.69. The van der Waals surface area contributed by atoms with Gasteiger partial charge < -0.3 is 15.6 Å². The number of amides is 2. The first-order valence-electron chi connectivity index (χ1n) is 11.6. The summed E-state index contributed by atoms with van der Waals surface area (Å²) in [5, 5.41) is 7.00. The highest BCUT2D eigenvalue weighted by atomic mass is 35.5. The average Bonchev–Trinajstić information content (AvgIpc) is 3.25. The summed E-state index contributed by atoms with van der Waals surface area (Å²) in [6.07, 6.45) is 3.43. The Labute approximate surface area is 217 Å². The first-order valence-corrected chi connectivity index (χ1v) is 13.8. The van der Waals surface area contributed by atoms with Gasteiger partial charge in [0.2, 0.25) is 0 Å². The fourth-order valence-electron chi connectivity index (χ4n) is 4.45. The van der Waals surface area contributed by atoms with Crippen molar-refractivity contribution in [2.45, 2.75) is 18.5 Å². The molecule has 1 aliphatic rings. The van der Waals surface area contributed by atoms with Gasteiger partial charge >= 0.3 is 0 Å². The maximum absolute atomic E-state index is 13.0. The maximum Gasteiger partial charge on any atom is 0.255 e. The molecule has 0 spiro atoms. The number of fused-ring (bicyclic) bond motifs is 1. The minimum atomic E-state index is -3.39. The molecule has 0 radical (unpaired) electrons. The minimum Gasteiger partial charge on any atom is -0.360 e. The van der Waals surface area contributed by atoms with E-state index in [0.29, 0.717) is 27.4 Å². The van der Waals surface area contributed by atoms with Crippen LogP contribution in [0.3, 0.4) is 0 Å². The molecule has 2 amide bonds. The van der Waals surface area contributed by atoms with Gasteiger partial charge in [-0.2, -0.15) is 0 Å². The van der Waals surface area contributed by atoms with Crippen LogP contribution in [-0.4, -0.2) is 53.4 Å². The monoisotopic (exact) mass is 538 g/mol. The molecule has 1 aliphatic heterocycles. The summed E-state index contributed by atoms with van der Waals surface area (Å²) in [5.41, 5.74) is 1.78. The topological polar surface area (TPSA) is 130 Å². The number of rotatable bonds is 5. The van der Waals surface area contributed by atoms with Gasteiger partial charge in [0.05, 0.1) is 28.6 Å². The van der Waals surface area contributed by atoms with Crippen LogP contribution in [0.1, 0.15) is 27.1 Å². The molecular formula is C26H23ClN4O5S. The summed E-state index contributed by atoms with van der Waals surface area (Å²) < 4.78 is 26.1. The van der Waals surface area contributed by atoms with Gasteiger partial charge in [0.1, 0.15) is 0 Å². The molecule has 2 aromatic carbocycles. The number of nitrogens with one attached hydrogen (secondary N) is 3. The first-order chi connectivity index (χ1) is 17.7. The van der Waals surface area contributed by atoms with E-state index < -0.39 is 27.8 Å². The number of carbonyl (C=O) groups is 2. The Morgan fingerprint density at radius 1 is 0.946 bits per heavy atom. The highest BCUT2D eigenvalue weighted by Gasteiger charge is 2.35. The van der Waals surface area contributed by atoms with Crippen LogP contribution in [0.15, 0.2) is 77.9 Å². The molecule has 11 heteroatoms. The highest BCUT2D eigenvalue weighted by molar-refractivity contribution is 7.91. The lowest BCUT2D eigenvalue weighted by atomic mass is 10.0. The van der Waals surface area contributed by atoms with Gasteiger partial charge in [-0.3, -0.25) is 19.0 Å². The molecule has 1 saturated heterocycles. The van der Waals surface area contributed by atoms with Crippen LogP contribution >= 0.6 is 11.6 Å². The Morgan fingerprint density at radius 2 is 1.65 bits per heavy atom. The molecule has 9 nitrogen and oxygen atoms in total. The Bertz CT molecular complexity index is 1660. The lowest BCUT2D eigenvalue weighted by molar-refractivity contribution is 0.0885. The molecule has 0 aliphatic carbocycles. The van der Waals surface area contributed by atoms with Crippen LogP contribution in [0.4, 0.5) is 0 Å². The highest BCUT2D eigenvalue weighted by Crippen LogP contribution is 2.24. The first kappa shape index (κ1) is 24.8. The number of pyridine rings is 1. The van der Waals surface area contributed by atoms with E-state index in [1.54, 1.807) is 67.0 Å². The fourth-order valence-corrected chi connectivity index (χ4v) is 6.31. The minimum absolute atomic E-state index is 0.0872. The number of H-pyrrole nitrogens is 1. The second-order valence-corrected chi connectivity index (χ2v) is 11.6. The molecule has 2 aromatic heterocycles. The van der Waals surface area contributed by atoms with Gasteiger partial charge in [0, 0.05) is 46.2 Å². The Hall–Kier alpha value is -3.89. The number of nitrogens with zero attached hydrogens (tertiary/aromatic N) is 1. The van der Waals surface area contributed by atoms with Crippen LogP contribution < -0.4 is 16.2 Å². The average molecular weight is 539 g/mol. The summed E-state index contributed by atoms with van der Waals surface area (Å²) in [6, 6.07) is 14.9. The molecular weight excluding hydrogens is 516 g/mol. The predicted molar refractivity (Wildman–Crippen MR) is 141 cm³/mol. The van der Waals surface area contributed by atoms with Crippen molar-refractivity contribution in [1.29, 1.82) is 0 Å². The molecule has 190 valence electrons. The summed E-state index contributed by atoms with van der Waals surface area (Å²) >= 11 is 6.11. The van der Waals surface area contributed by atoms with Gasteiger partial charge in [0.25, 0.3) is 17.4 Å². The lowest BCUT2D eigenvalue weighted by Gasteiger charge is -2.32. The zero-order chi connectivity index (χ0) is 26.2. The van der Waals surface area contributed by atoms with E-state index >= 15 is 0 Å². The second-order valence-electron chi connectivity index (χ2n) is 8.92. The van der Waals surface area contributed by atoms with E-state index in [-0.39, 0.29) is 29.4 Å². The van der Waals surface area contributed by atoms with Crippen molar-refractivity contribution in [3.63, 3.8) is 0 Å². The SMILES string of the molecule is O=C(NC1CCS(=O)(=O)CC1NC(=O)c1ccc(-n2ccccc2=O)cc1)c1ccc2c(Cl)c[nH]c2c1. The number of hydrogen-bond donors (Lipinski definition) is 3. The van der Waals surface area contributed by atoms with E-state index in [2.05, 4.69) is 15.6 Å². The third-order valence-corrected chi connectivity index (χ3v) is 8.45. The number of hydrogen-bond acceptors (Lipinski definition) is 5. The Balaban J connectivity index is 1.32. The third kappa shape index (κ3) is 5.30. The number of aromatic amines is 1. The van der Waals surface area contributed by atoms with Crippen molar-refractivity contribution in [2.75, 3.05) is 11.5 Å².